The third kappa shape index (κ3) is 3.45. The molecule has 1 N–H and O–H groups in total. The van der Waals surface area contributed by atoms with Crippen LogP contribution in [0.25, 0.3) is 5.78 Å². The van der Waals surface area contributed by atoms with E-state index in [1.54, 1.807) is 0 Å². The highest BCUT2D eigenvalue weighted by Crippen LogP contribution is 2.30. The Bertz CT molecular complexity index is 718. The molecule has 1 atom stereocenters. The first-order valence-corrected chi connectivity index (χ1v) is 7.94. The summed E-state index contributed by atoms with van der Waals surface area (Å²) in [6.07, 6.45) is -1.43. The Morgan fingerprint density at radius 2 is 2.00 bits per heavy atom. The van der Waals surface area contributed by atoms with Crippen LogP contribution in [-0.4, -0.2) is 49.2 Å². The van der Waals surface area contributed by atoms with Crippen molar-refractivity contribution in [1.29, 1.82) is 0 Å². The lowest BCUT2D eigenvalue weighted by Gasteiger charge is -2.42. The second kappa shape index (κ2) is 5.87. The largest absolute Gasteiger partial charge is 0.433 e. The van der Waals surface area contributed by atoms with E-state index in [-0.39, 0.29) is 23.2 Å². The SMILES string of the molecule is CC(C)(C)N1CCCC(Nc2cc(C(F)(F)F)nc3ncnn23)C1. The molecule has 0 spiro atoms. The van der Waals surface area contributed by atoms with E-state index in [1.807, 2.05) is 0 Å². The van der Waals surface area contributed by atoms with Crippen LogP contribution in [0.15, 0.2) is 12.4 Å². The number of alkyl halides is 3. The van der Waals surface area contributed by atoms with Gasteiger partial charge in [-0.1, -0.05) is 0 Å². The summed E-state index contributed by atoms with van der Waals surface area (Å²) < 4.78 is 40.4. The van der Waals surface area contributed by atoms with Gasteiger partial charge >= 0.3 is 6.18 Å². The maximum absolute atomic E-state index is 13.0. The van der Waals surface area contributed by atoms with Crippen LogP contribution in [0.4, 0.5) is 19.0 Å². The first-order valence-electron chi connectivity index (χ1n) is 7.94. The van der Waals surface area contributed by atoms with E-state index < -0.39 is 11.9 Å². The number of aromatic nitrogens is 4. The first-order chi connectivity index (χ1) is 11.1. The van der Waals surface area contributed by atoms with Gasteiger partial charge in [-0.05, 0) is 40.2 Å². The molecule has 1 fully saturated rings. The van der Waals surface area contributed by atoms with Gasteiger partial charge in [0.2, 0.25) is 0 Å². The lowest BCUT2D eigenvalue weighted by atomic mass is 9.98. The van der Waals surface area contributed by atoms with Gasteiger partial charge in [-0.25, -0.2) is 4.98 Å². The minimum atomic E-state index is -4.52. The average molecular weight is 342 g/mol. The molecule has 0 radical (unpaired) electrons. The number of fused-ring (bicyclic) bond motifs is 1. The maximum atomic E-state index is 13.0. The number of piperidine rings is 1. The van der Waals surface area contributed by atoms with Crippen molar-refractivity contribution in [2.75, 3.05) is 18.4 Å². The van der Waals surface area contributed by atoms with Gasteiger partial charge in [0.05, 0.1) is 0 Å². The second-order valence-corrected chi connectivity index (χ2v) is 7.10. The van der Waals surface area contributed by atoms with E-state index in [9.17, 15) is 13.2 Å². The van der Waals surface area contributed by atoms with Gasteiger partial charge in [-0.15, -0.1) is 0 Å². The molecule has 0 bridgehead atoms. The fourth-order valence-corrected chi connectivity index (χ4v) is 2.97. The highest BCUT2D eigenvalue weighted by Gasteiger charge is 2.34. The van der Waals surface area contributed by atoms with E-state index in [1.165, 1.54) is 10.8 Å². The molecule has 0 amide bonds. The Balaban J connectivity index is 1.88. The summed E-state index contributed by atoms with van der Waals surface area (Å²) in [5, 5.41) is 7.18. The molecule has 3 heterocycles. The Morgan fingerprint density at radius 3 is 2.67 bits per heavy atom. The van der Waals surface area contributed by atoms with Gasteiger partial charge in [0.25, 0.3) is 5.78 Å². The van der Waals surface area contributed by atoms with E-state index in [4.69, 9.17) is 0 Å². The van der Waals surface area contributed by atoms with E-state index in [2.05, 4.69) is 46.1 Å². The number of nitrogens with one attached hydrogen (secondary N) is 1. The molecule has 0 saturated carbocycles. The topological polar surface area (TPSA) is 58.3 Å². The number of halogens is 3. The van der Waals surface area contributed by atoms with Gasteiger partial charge in [0.15, 0.2) is 5.69 Å². The minimum Gasteiger partial charge on any atom is -0.366 e. The van der Waals surface area contributed by atoms with Gasteiger partial charge in [-0.2, -0.15) is 27.8 Å². The minimum absolute atomic E-state index is 0.0261. The summed E-state index contributed by atoms with van der Waals surface area (Å²) in [6.45, 7) is 8.17. The zero-order chi connectivity index (χ0) is 17.5. The number of rotatable bonds is 2. The summed E-state index contributed by atoms with van der Waals surface area (Å²) in [5.41, 5.74) is -0.938. The third-order valence-corrected chi connectivity index (χ3v) is 4.26. The fraction of sp³-hybridized carbons (Fsp3) is 0.667. The number of nitrogens with zero attached hydrogens (tertiary/aromatic N) is 5. The van der Waals surface area contributed by atoms with E-state index in [0.717, 1.165) is 32.0 Å². The standard InChI is InChI=1S/C15H21F3N6/c1-14(2,3)23-6-4-5-10(8-23)21-12-7-11(15(16,17)18)22-13-19-9-20-24(12)13/h7,9-10,21H,4-6,8H2,1-3H3. The fourth-order valence-electron chi connectivity index (χ4n) is 2.97. The number of hydrogen-bond donors (Lipinski definition) is 1. The van der Waals surface area contributed by atoms with E-state index in [0.29, 0.717) is 0 Å². The summed E-state index contributed by atoms with van der Waals surface area (Å²) in [5.74, 6) is 0.210. The van der Waals surface area contributed by atoms with Crippen LogP contribution in [0.2, 0.25) is 0 Å². The molecule has 9 heteroatoms. The molecule has 24 heavy (non-hydrogen) atoms. The zero-order valence-electron chi connectivity index (χ0n) is 13.9. The van der Waals surface area contributed by atoms with Crippen LogP contribution in [0.5, 0.6) is 0 Å². The Hall–Kier alpha value is -1.90. The summed E-state index contributed by atoms with van der Waals surface area (Å²) in [6, 6.07) is 1.05. The van der Waals surface area contributed by atoms with E-state index >= 15 is 0 Å². The van der Waals surface area contributed by atoms with Crippen molar-refractivity contribution in [2.45, 2.75) is 51.4 Å². The Morgan fingerprint density at radius 1 is 1.25 bits per heavy atom. The molecule has 1 aliphatic rings. The van der Waals surface area contributed by atoms with Crippen molar-refractivity contribution in [2.24, 2.45) is 0 Å². The molecule has 1 unspecified atom stereocenters. The normalized spacial score (nSPS) is 20.5. The van der Waals surface area contributed by atoms with Crippen LogP contribution in [0.3, 0.4) is 0 Å². The van der Waals surface area contributed by atoms with Gasteiger partial charge in [-0.3, -0.25) is 4.90 Å². The average Bonchev–Trinajstić information content (AvgIpc) is 2.94. The van der Waals surface area contributed by atoms with Crippen LogP contribution in [-0.2, 0) is 6.18 Å². The lowest BCUT2D eigenvalue weighted by molar-refractivity contribution is -0.141. The summed E-state index contributed by atoms with van der Waals surface area (Å²) >= 11 is 0. The van der Waals surface area contributed by atoms with Gasteiger partial charge in [0.1, 0.15) is 12.1 Å². The maximum Gasteiger partial charge on any atom is 0.433 e. The summed E-state index contributed by atoms with van der Waals surface area (Å²) in [7, 11) is 0. The van der Waals surface area contributed by atoms with Crippen molar-refractivity contribution in [3.05, 3.63) is 18.1 Å². The molecular weight excluding hydrogens is 321 g/mol. The molecular formula is C15H21F3N6. The van der Waals surface area contributed by atoms with Gasteiger partial charge in [0, 0.05) is 24.2 Å². The van der Waals surface area contributed by atoms with Crippen molar-refractivity contribution >= 4 is 11.6 Å². The predicted molar refractivity (Wildman–Crippen MR) is 83.8 cm³/mol. The molecule has 2 aromatic heterocycles. The molecule has 2 aromatic rings. The number of anilines is 1. The number of hydrogen-bond acceptors (Lipinski definition) is 5. The van der Waals surface area contributed by atoms with Gasteiger partial charge < -0.3 is 5.32 Å². The highest BCUT2D eigenvalue weighted by molar-refractivity contribution is 5.46. The monoisotopic (exact) mass is 342 g/mol. The van der Waals surface area contributed by atoms with Crippen molar-refractivity contribution in [3.63, 3.8) is 0 Å². The van der Waals surface area contributed by atoms with Crippen LogP contribution < -0.4 is 5.32 Å². The molecule has 132 valence electrons. The molecule has 1 aliphatic heterocycles. The molecule has 0 aromatic carbocycles. The van der Waals surface area contributed by atoms with Crippen molar-refractivity contribution < 1.29 is 13.2 Å². The number of likely N-dealkylation sites (tertiary alicyclic amines) is 1. The smallest absolute Gasteiger partial charge is 0.366 e. The van der Waals surface area contributed by atoms with Crippen LogP contribution in [0, 0.1) is 0 Å². The highest BCUT2D eigenvalue weighted by atomic mass is 19.4. The third-order valence-electron chi connectivity index (χ3n) is 4.26. The lowest BCUT2D eigenvalue weighted by Crippen LogP contribution is -2.50. The van der Waals surface area contributed by atoms with Crippen LogP contribution >= 0.6 is 0 Å². The first kappa shape index (κ1) is 16.9. The molecule has 3 rings (SSSR count). The van der Waals surface area contributed by atoms with Crippen LogP contribution in [0.1, 0.15) is 39.3 Å². The zero-order valence-corrected chi connectivity index (χ0v) is 13.9. The Labute approximate surface area is 138 Å². The molecule has 1 saturated heterocycles. The van der Waals surface area contributed by atoms with Crippen molar-refractivity contribution in [3.8, 4) is 0 Å². The second-order valence-electron chi connectivity index (χ2n) is 7.10. The Kier molecular flexibility index (Phi) is 4.15. The summed E-state index contributed by atoms with van der Waals surface area (Å²) in [4.78, 5) is 9.65. The molecule has 6 nitrogen and oxygen atoms in total. The quantitative estimate of drug-likeness (QED) is 0.909. The van der Waals surface area contributed by atoms with Crippen molar-refractivity contribution in [1.82, 2.24) is 24.5 Å². The predicted octanol–water partition coefficient (Wildman–Crippen LogP) is 2.82. The molecule has 0 aliphatic carbocycles.